The van der Waals surface area contributed by atoms with Crippen LogP contribution in [0.5, 0.6) is 11.5 Å². The quantitative estimate of drug-likeness (QED) is 0.628. The van der Waals surface area contributed by atoms with E-state index in [1.165, 1.54) is 0 Å². The molecular weight excluding hydrogens is 406 g/mol. The van der Waals surface area contributed by atoms with Crippen molar-refractivity contribution >= 4 is 10.0 Å². The van der Waals surface area contributed by atoms with E-state index in [1.807, 2.05) is 6.07 Å². The smallest absolute Gasteiger partial charge is 0.258 e. The lowest BCUT2D eigenvalue weighted by Gasteiger charge is -2.29. The summed E-state index contributed by atoms with van der Waals surface area (Å²) in [7, 11) is -3.48. The van der Waals surface area contributed by atoms with Crippen LogP contribution < -0.4 is 9.47 Å². The van der Waals surface area contributed by atoms with E-state index in [4.69, 9.17) is 14.0 Å². The Balaban J connectivity index is 1.36. The van der Waals surface area contributed by atoms with E-state index in [2.05, 4.69) is 17.1 Å². The van der Waals surface area contributed by atoms with Gasteiger partial charge in [-0.3, -0.25) is 0 Å². The fourth-order valence-corrected chi connectivity index (χ4v) is 5.11. The first-order valence-electron chi connectivity index (χ1n) is 9.85. The van der Waals surface area contributed by atoms with Crippen LogP contribution in [-0.2, 0) is 10.0 Å². The van der Waals surface area contributed by atoms with Gasteiger partial charge in [0, 0.05) is 24.2 Å². The van der Waals surface area contributed by atoms with Gasteiger partial charge >= 0.3 is 0 Å². The highest BCUT2D eigenvalue weighted by Crippen LogP contribution is 2.36. The maximum absolute atomic E-state index is 12.9. The third-order valence-corrected chi connectivity index (χ3v) is 7.45. The molecule has 2 aliphatic heterocycles. The first kappa shape index (κ1) is 19.1. The lowest BCUT2D eigenvalue weighted by atomic mass is 10.0. The van der Waals surface area contributed by atoms with Crippen molar-refractivity contribution in [2.24, 2.45) is 5.92 Å². The standard InChI is InChI=1S/C21H21N3O5S/c1-14-8-10-24(11-9-14)30(25,26)17-5-2-15(3-6-17)20-22-21(29-23-20)16-4-7-18-19(12-16)28-13-27-18/h2-7,12,14H,8-11,13H2,1H3. The molecule has 30 heavy (non-hydrogen) atoms. The largest absolute Gasteiger partial charge is 0.454 e. The number of piperidine rings is 1. The molecule has 0 N–H and O–H groups in total. The summed E-state index contributed by atoms with van der Waals surface area (Å²) in [5, 5.41) is 4.03. The van der Waals surface area contributed by atoms with Gasteiger partial charge in [0.05, 0.1) is 4.90 Å². The van der Waals surface area contributed by atoms with E-state index < -0.39 is 10.0 Å². The number of sulfonamides is 1. The molecule has 0 unspecified atom stereocenters. The summed E-state index contributed by atoms with van der Waals surface area (Å²) in [6.07, 6.45) is 1.78. The van der Waals surface area contributed by atoms with Gasteiger partial charge in [-0.2, -0.15) is 9.29 Å². The number of fused-ring (bicyclic) bond motifs is 1. The molecule has 3 heterocycles. The van der Waals surface area contributed by atoms with Gasteiger partial charge in [-0.15, -0.1) is 0 Å². The van der Waals surface area contributed by atoms with Gasteiger partial charge < -0.3 is 14.0 Å². The molecule has 3 aromatic rings. The second kappa shape index (κ2) is 7.41. The Morgan fingerprint density at radius 2 is 1.67 bits per heavy atom. The second-order valence-electron chi connectivity index (χ2n) is 7.60. The third kappa shape index (κ3) is 3.44. The minimum Gasteiger partial charge on any atom is -0.454 e. The molecule has 0 bridgehead atoms. The molecule has 0 amide bonds. The molecule has 0 aliphatic carbocycles. The van der Waals surface area contributed by atoms with Gasteiger partial charge in [0.15, 0.2) is 11.5 Å². The molecule has 156 valence electrons. The van der Waals surface area contributed by atoms with Crippen molar-refractivity contribution in [2.45, 2.75) is 24.7 Å². The molecule has 0 atom stereocenters. The van der Waals surface area contributed by atoms with Crippen LogP contribution in [0, 0.1) is 5.92 Å². The van der Waals surface area contributed by atoms with Crippen molar-refractivity contribution in [1.29, 1.82) is 0 Å². The maximum atomic E-state index is 12.9. The maximum Gasteiger partial charge on any atom is 0.258 e. The predicted octanol–water partition coefficient (Wildman–Crippen LogP) is 3.55. The summed E-state index contributed by atoms with van der Waals surface area (Å²) in [6.45, 7) is 3.48. The van der Waals surface area contributed by atoms with Gasteiger partial charge in [0.2, 0.25) is 22.6 Å². The van der Waals surface area contributed by atoms with Crippen molar-refractivity contribution in [3.05, 3.63) is 42.5 Å². The van der Waals surface area contributed by atoms with Crippen LogP contribution in [0.1, 0.15) is 19.8 Å². The molecule has 0 radical (unpaired) electrons. The minimum absolute atomic E-state index is 0.194. The van der Waals surface area contributed by atoms with Crippen LogP contribution in [0.2, 0.25) is 0 Å². The van der Waals surface area contributed by atoms with E-state index in [0.717, 1.165) is 18.4 Å². The Hall–Kier alpha value is -2.91. The number of rotatable bonds is 4. The number of hydrogen-bond acceptors (Lipinski definition) is 7. The highest BCUT2D eigenvalue weighted by atomic mass is 32.2. The molecule has 1 fully saturated rings. The van der Waals surface area contributed by atoms with Gasteiger partial charge in [-0.1, -0.05) is 12.1 Å². The van der Waals surface area contributed by atoms with Crippen LogP contribution in [-0.4, -0.2) is 42.7 Å². The fourth-order valence-electron chi connectivity index (χ4n) is 3.64. The van der Waals surface area contributed by atoms with Crippen LogP contribution >= 0.6 is 0 Å². The zero-order chi connectivity index (χ0) is 20.7. The van der Waals surface area contributed by atoms with Crippen LogP contribution in [0.15, 0.2) is 51.9 Å². The topological polar surface area (TPSA) is 94.8 Å². The number of hydrogen-bond donors (Lipinski definition) is 0. The summed E-state index contributed by atoms with van der Waals surface area (Å²) in [5.74, 6) is 2.62. The number of nitrogens with zero attached hydrogens (tertiary/aromatic N) is 3. The Bertz CT molecular complexity index is 1170. The SMILES string of the molecule is CC1CCN(S(=O)(=O)c2ccc(-c3noc(-c4ccc5c(c4)OCO5)n3)cc2)CC1. The van der Waals surface area contributed by atoms with E-state index in [9.17, 15) is 8.42 Å². The van der Waals surface area contributed by atoms with Gasteiger partial charge in [-0.25, -0.2) is 8.42 Å². The molecule has 2 aromatic carbocycles. The van der Waals surface area contributed by atoms with Crippen LogP contribution in [0.25, 0.3) is 22.8 Å². The lowest BCUT2D eigenvalue weighted by Crippen LogP contribution is -2.37. The van der Waals surface area contributed by atoms with E-state index in [0.29, 0.717) is 47.8 Å². The van der Waals surface area contributed by atoms with Gasteiger partial charge in [0.25, 0.3) is 5.89 Å². The average molecular weight is 427 g/mol. The Labute approximate surface area is 174 Å². The Morgan fingerprint density at radius 3 is 2.43 bits per heavy atom. The summed E-state index contributed by atoms with van der Waals surface area (Å²) >= 11 is 0. The van der Waals surface area contributed by atoms with Gasteiger partial charge in [0.1, 0.15) is 0 Å². The number of ether oxygens (including phenoxy) is 2. The summed E-state index contributed by atoms with van der Waals surface area (Å²) in [5.41, 5.74) is 1.40. The first-order valence-corrected chi connectivity index (χ1v) is 11.3. The van der Waals surface area contributed by atoms with Crippen molar-refractivity contribution < 1.29 is 22.4 Å². The molecule has 9 heteroatoms. The first-order chi connectivity index (χ1) is 14.5. The van der Waals surface area contributed by atoms with Crippen molar-refractivity contribution in [3.63, 3.8) is 0 Å². The summed E-state index contributed by atoms with van der Waals surface area (Å²) < 4.78 is 43.4. The van der Waals surface area contributed by atoms with E-state index in [-0.39, 0.29) is 11.7 Å². The molecule has 0 spiro atoms. The molecule has 8 nitrogen and oxygen atoms in total. The monoisotopic (exact) mass is 427 g/mol. The zero-order valence-corrected chi connectivity index (χ0v) is 17.3. The van der Waals surface area contributed by atoms with E-state index in [1.54, 1.807) is 40.7 Å². The van der Waals surface area contributed by atoms with Crippen LogP contribution in [0.4, 0.5) is 0 Å². The normalized spacial score (nSPS) is 17.4. The fraction of sp³-hybridized carbons (Fsp3) is 0.333. The Morgan fingerprint density at radius 1 is 0.967 bits per heavy atom. The molecule has 1 aromatic heterocycles. The molecule has 0 saturated carbocycles. The highest BCUT2D eigenvalue weighted by molar-refractivity contribution is 7.89. The van der Waals surface area contributed by atoms with Crippen LogP contribution in [0.3, 0.4) is 0 Å². The minimum atomic E-state index is -3.48. The van der Waals surface area contributed by atoms with Gasteiger partial charge in [-0.05, 0) is 61.2 Å². The van der Waals surface area contributed by atoms with Crippen molar-refractivity contribution in [3.8, 4) is 34.3 Å². The molecule has 1 saturated heterocycles. The highest BCUT2D eigenvalue weighted by Gasteiger charge is 2.28. The molecular formula is C21H21N3O5S. The summed E-state index contributed by atoms with van der Waals surface area (Å²) in [6, 6.07) is 12.0. The number of aromatic nitrogens is 2. The molecule has 5 rings (SSSR count). The third-order valence-electron chi connectivity index (χ3n) is 5.54. The second-order valence-corrected chi connectivity index (χ2v) is 9.54. The Kier molecular flexibility index (Phi) is 4.71. The lowest BCUT2D eigenvalue weighted by molar-refractivity contribution is 0.174. The predicted molar refractivity (Wildman–Crippen MR) is 108 cm³/mol. The zero-order valence-electron chi connectivity index (χ0n) is 16.4. The summed E-state index contributed by atoms with van der Waals surface area (Å²) in [4.78, 5) is 4.71. The average Bonchev–Trinajstić information content (AvgIpc) is 3.43. The van der Waals surface area contributed by atoms with Crippen molar-refractivity contribution in [2.75, 3.05) is 19.9 Å². The molecule has 2 aliphatic rings. The van der Waals surface area contributed by atoms with Crippen molar-refractivity contribution in [1.82, 2.24) is 14.4 Å². The van der Waals surface area contributed by atoms with E-state index >= 15 is 0 Å². The number of benzene rings is 2.